The van der Waals surface area contributed by atoms with Crippen molar-refractivity contribution in [3.05, 3.63) is 67.9 Å². The fraction of sp³-hybridized carbons (Fsp3) is 0.364. The zero-order chi connectivity index (χ0) is 22.0. The summed E-state index contributed by atoms with van der Waals surface area (Å²) in [6, 6.07) is 13.2. The molecule has 0 radical (unpaired) electrons. The van der Waals surface area contributed by atoms with Gasteiger partial charge in [0.25, 0.3) is 0 Å². The lowest BCUT2D eigenvalue weighted by Gasteiger charge is -2.17. The van der Waals surface area contributed by atoms with Crippen LogP contribution in [0.1, 0.15) is 18.4 Å². The number of nitrogens with zero attached hydrogens (tertiary/aromatic N) is 4. The van der Waals surface area contributed by atoms with Crippen LogP contribution < -0.4 is 0 Å². The molecule has 1 atom stereocenters. The van der Waals surface area contributed by atoms with E-state index in [1.165, 1.54) is 0 Å². The summed E-state index contributed by atoms with van der Waals surface area (Å²) in [7, 11) is 2.01. The molecular weight excluding hydrogens is 475 g/mol. The third-order valence-corrected chi connectivity index (χ3v) is 6.54. The number of halogens is 3. The molecule has 1 aliphatic heterocycles. The summed E-state index contributed by atoms with van der Waals surface area (Å²) in [6.07, 6.45) is 2.26. The molecule has 1 saturated heterocycles. The number of hydrogen-bond acceptors (Lipinski definition) is 4. The van der Waals surface area contributed by atoms with Crippen LogP contribution in [0.25, 0.3) is 11.4 Å². The summed E-state index contributed by atoms with van der Waals surface area (Å²) in [6.45, 7) is 2.65. The summed E-state index contributed by atoms with van der Waals surface area (Å²) >= 11 is 24.3. The fourth-order valence-corrected chi connectivity index (χ4v) is 4.58. The largest absolute Gasteiger partial charge is 0.376 e. The van der Waals surface area contributed by atoms with Crippen LogP contribution in [-0.2, 0) is 24.5 Å². The number of hydrogen-bond donors (Lipinski definition) is 0. The molecule has 0 aliphatic carbocycles. The standard InChI is InChI=1S/C22H23Cl3N4OS/c1-27(12-16-6-9-18(24)11-20(16)25)14-29-22(31)28(13-19-3-2-10-30-19)21(26-29)15-4-7-17(23)8-5-15/h4-9,11,19H,2-3,10,12-14H2,1H3/t19-/m0/s1. The molecule has 0 N–H and O–H groups in total. The summed E-state index contributed by atoms with van der Waals surface area (Å²) in [5, 5.41) is 6.81. The van der Waals surface area contributed by atoms with Gasteiger partial charge in [-0.1, -0.05) is 40.9 Å². The smallest absolute Gasteiger partial charge is 0.199 e. The topological polar surface area (TPSA) is 35.2 Å². The van der Waals surface area contributed by atoms with E-state index in [-0.39, 0.29) is 6.10 Å². The van der Waals surface area contributed by atoms with E-state index < -0.39 is 0 Å². The van der Waals surface area contributed by atoms with Crippen molar-refractivity contribution in [3.63, 3.8) is 0 Å². The molecule has 164 valence electrons. The highest BCUT2D eigenvalue weighted by molar-refractivity contribution is 7.71. The average Bonchev–Trinajstić information content (AvgIpc) is 3.35. The number of rotatable bonds is 7. The lowest BCUT2D eigenvalue weighted by atomic mass is 10.2. The van der Waals surface area contributed by atoms with Crippen LogP contribution in [0.2, 0.25) is 15.1 Å². The van der Waals surface area contributed by atoms with Crippen LogP contribution in [0, 0.1) is 4.77 Å². The SMILES string of the molecule is CN(Cc1ccc(Cl)cc1Cl)Cn1nc(-c2ccc(Cl)cc2)n(C[C@@H]2CCCO2)c1=S. The lowest BCUT2D eigenvalue weighted by molar-refractivity contribution is 0.0967. The second-order valence-electron chi connectivity index (χ2n) is 7.75. The van der Waals surface area contributed by atoms with Gasteiger partial charge in [0.1, 0.15) is 0 Å². The zero-order valence-corrected chi connectivity index (χ0v) is 20.2. The van der Waals surface area contributed by atoms with E-state index in [4.69, 9.17) is 56.9 Å². The molecular formula is C22H23Cl3N4OS. The summed E-state index contributed by atoms with van der Waals surface area (Å²) in [4.78, 5) is 2.11. The van der Waals surface area contributed by atoms with Crippen molar-refractivity contribution in [1.29, 1.82) is 0 Å². The molecule has 0 unspecified atom stereocenters. The molecule has 2 heterocycles. The van der Waals surface area contributed by atoms with E-state index in [1.54, 1.807) is 6.07 Å². The maximum absolute atomic E-state index is 6.34. The van der Waals surface area contributed by atoms with Gasteiger partial charge < -0.3 is 4.74 Å². The van der Waals surface area contributed by atoms with Crippen molar-refractivity contribution < 1.29 is 4.74 Å². The number of aromatic nitrogens is 3. The molecule has 0 bridgehead atoms. The molecule has 1 aliphatic rings. The molecule has 1 fully saturated rings. The maximum Gasteiger partial charge on any atom is 0.199 e. The van der Waals surface area contributed by atoms with Gasteiger partial charge in [-0.2, -0.15) is 5.10 Å². The molecule has 5 nitrogen and oxygen atoms in total. The first-order valence-corrected chi connectivity index (χ1v) is 11.6. The molecule has 0 saturated carbocycles. The Morgan fingerprint density at radius 3 is 2.55 bits per heavy atom. The minimum atomic E-state index is 0.154. The van der Waals surface area contributed by atoms with Crippen molar-refractivity contribution in [2.45, 2.75) is 38.7 Å². The normalized spacial score (nSPS) is 16.4. The first kappa shape index (κ1) is 22.8. The van der Waals surface area contributed by atoms with Gasteiger partial charge >= 0.3 is 0 Å². The van der Waals surface area contributed by atoms with E-state index in [0.29, 0.717) is 39.6 Å². The van der Waals surface area contributed by atoms with Gasteiger partial charge in [0.2, 0.25) is 0 Å². The zero-order valence-electron chi connectivity index (χ0n) is 17.1. The van der Waals surface area contributed by atoms with Crippen molar-refractivity contribution in [1.82, 2.24) is 19.2 Å². The average molecular weight is 498 g/mol. The third kappa shape index (κ3) is 5.51. The van der Waals surface area contributed by atoms with Gasteiger partial charge in [-0.3, -0.25) is 9.47 Å². The van der Waals surface area contributed by atoms with E-state index in [9.17, 15) is 0 Å². The molecule has 2 aromatic carbocycles. The highest BCUT2D eigenvalue weighted by atomic mass is 35.5. The minimum Gasteiger partial charge on any atom is -0.376 e. The molecule has 0 spiro atoms. The number of ether oxygens (including phenoxy) is 1. The van der Waals surface area contributed by atoms with E-state index in [2.05, 4.69) is 9.47 Å². The van der Waals surface area contributed by atoms with Crippen LogP contribution in [0.3, 0.4) is 0 Å². The quantitative estimate of drug-likeness (QED) is 0.358. The highest BCUT2D eigenvalue weighted by Crippen LogP contribution is 2.25. The Hall–Kier alpha value is -1.41. The fourth-order valence-electron chi connectivity index (χ4n) is 3.72. The molecule has 4 rings (SSSR count). The summed E-state index contributed by atoms with van der Waals surface area (Å²) in [5.74, 6) is 0.815. The summed E-state index contributed by atoms with van der Waals surface area (Å²) in [5.41, 5.74) is 1.97. The Morgan fingerprint density at radius 1 is 1.13 bits per heavy atom. The van der Waals surface area contributed by atoms with Gasteiger partial charge in [0.05, 0.1) is 19.3 Å². The van der Waals surface area contributed by atoms with Gasteiger partial charge in [-0.15, -0.1) is 0 Å². The Kier molecular flexibility index (Phi) is 7.37. The highest BCUT2D eigenvalue weighted by Gasteiger charge is 2.21. The van der Waals surface area contributed by atoms with Gasteiger partial charge in [-0.25, -0.2) is 4.68 Å². The maximum atomic E-state index is 6.34. The second-order valence-corrected chi connectivity index (χ2v) is 9.39. The van der Waals surface area contributed by atoms with Crippen LogP contribution in [0.15, 0.2) is 42.5 Å². The molecule has 1 aromatic heterocycles. The van der Waals surface area contributed by atoms with E-state index >= 15 is 0 Å². The minimum absolute atomic E-state index is 0.154. The van der Waals surface area contributed by atoms with Crippen molar-refractivity contribution in [2.24, 2.45) is 0 Å². The number of benzene rings is 2. The molecule has 0 amide bonds. The van der Waals surface area contributed by atoms with Crippen LogP contribution in [0.4, 0.5) is 0 Å². The molecule has 9 heteroatoms. The first-order chi connectivity index (χ1) is 14.9. The Labute approximate surface area is 202 Å². The van der Waals surface area contributed by atoms with E-state index in [0.717, 1.165) is 36.4 Å². The third-order valence-electron chi connectivity index (χ3n) is 5.27. The predicted molar refractivity (Wildman–Crippen MR) is 128 cm³/mol. The van der Waals surface area contributed by atoms with E-state index in [1.807, 2.05) is 48.1 Å². The van der Waals surface area contributed by atoms with Crippen molar-refractivity contribution >= 4 is 47.0 Å². The van der Waals surface area contributed by atoms with Gasteiger partial charge in [0, 0.05) is 33.8 Å². The lowest BCUT2D eigenvalue weighted by Crippen LogP contribution is -2.23. The summed E-state index contributed by atoms with van der Waals surface area (Å²) < 4.78 is 10.4. The predicted octanol–water partition coefficient (Wildman–Crippen LogP) is 6.31. The Bertz CT molecular complexity index is 1110. The molecule has 31 heavy (non-hydrogen) atoms. The Balaban J connectivity index is 1.60. The van der Waals surface area contributed by atoms with Crippen LogP contribution >= 0.6 is 47.0 Å². The van der Waals surface area contributed by atoms with Gasteiger partial charge in [0.15, 0.2) is 10.6 Å². The molecule has 3 aromatic rings. The van der Waals surface area contributed by atoms with Gasteiger partial charge in [-0.05, 0) is 74.1 Å². The Morgan fingerprint density at radius 2 is 1.87 bits per heavy atom. The van der Waals surface area contributed by atoms with Crippen molar-refractivity contribution in [2.75, 3.05) is 13.7 Å². The monoisotopic (exact) mass is 496 g/mol. The second kappa shape index (κ2) is 10.0. The van der Waals surface area contributed by atoms with Crippen LogP contribution in [0.5, 0.6) is 0 Å². The van der Waals surface area contributed by atoms with Crippen molar-refractivity contribution in [3.8, 4) is 11.4 Å². The first-order valence-electron chi connectivity index (χ1n) is 10.1. The van der Waals surface area contributed by atoms with Crippen LogP contribution in [-0.4, -0.2) is 39.0 Å².